The van der Waals surface area contributed by atoms with Crippen LogP contribution >= 0.6 is 0 Å². The van der Waals surface area contributed by atoms with Gasteiger partial charge in [-0.2, -0.15) is 0 Å². The van der Waals surface area contributed by atoms with E-state index in [2.05, 4.69) is 26.1 Å². The molecule has 0 aliphatic heterocycles. The Hall–Kier alpha value is -1.29. The molecule has 1 heterocycles. The highest BCUT2D eigenvalue weighted by molar-refractivity contribution is 5.92. The van der Waals surface area contributed by atoms with Gasteiger partial charge in [-0.3, -0.25) is 4.79 Å². The highest BCUT2D eigenvalue weighted by atomic mass is 16.1. The minimum atomic E-state index is -0.0421. The van der Waals surface area contributed by atoms with E-state index < -0.39 is 0 Å². The van der Waals surface area contributed by atoms with Crippen LogP contribution in [0.25, 0.3) is 0 Å². The van der Waals surface area contributed by atoms with Crippen LogP contribution in [0.5, 0.6) is 0 Å². The zero-order chi connectivity index (χ0) is 12.8. The number of nitrogens with one attached hydrogen (secondary N) is 1. The Balaban J connectivity index is 2.55. The lowest BCUT2D eigenvalue weighted by Crippen LogP contribution is -2.40. The van der Waals surface area contributed by atoms with E-state index in [0.29, 0.717) is 18.2 Å². The van der Waals surface area contributed by atoms with Gasteiger partial charge in [-0.15, -0.1) is 0 Å². The first-order chi connectivity index (χ1) is 8.06. The Labute approximate surface area is 103 Å². The Morgan fingerprint density at radius 3 is 2.82 bits per heavy atom. The van der Waals surface area contributed by atoms with E-state index in [0.717, 1.165) is 13.0 Å². The van der Waals surface area contributed by atoms with Gasteiger partial charge in [-0.1, -0.05) is 20.8 Å². The summed E-state index contributed by atoms with van der Waals surface area (Å²) in [6.07, 6.45) is 2.95. The number of hydrogen-bond donors (Lipinski definition) is 2. The van der Waals surface area contributed by atoms with Gasteiger partial charge >= 0.3 is 0 Å². The molecule has 0 saturated heterocycles. The van der Waals surface area contributed by atoms with Crippen LogP contribution in [0, 0.1) is 5.92 Å². The standard InChI is InChI=1S/C13H23N3O/c1-4-7-16-8-5-6-12(16)13(17)15-9-11(14)10(2)3/h5-6,8,10-11H,4,7,9,14H2,1-3H3,(H,15,17). The molecule has 0 spiro atoms. The largest absolute Gasteiger partial charge is 0.349 e. The van der Waals surface area contributed by atoms with Crippen LogP contribution in [0.3, 0.4) is 0 Å². The second-order valence-electron chi connectivity index (χ2n) is 4.70. The number of carbonyl (C=O) groups is 1. The SMILES string of the molecule is CCCn1cccc1C(=O)NCC(N)C(C)C. The molecule has 1 amide bonds. The highest BCUT2D eigenvalue weighted by Crippen LogP contribution is 2.04. The first kappa shape index (κ1) is 13.8. The first-order valence-electron chi connectivity index (χ1n) is 6.25. The van der Waals surface area contributed by atoms with Gasteiger partial charge in [0.15, 0.2) is 0 Å². The van der Waals surface area contributed by atoms with Crippen molar-refractivity contribution >= 4 is 5.91 Å². The molecule has 0 aliphatic carbocycles. The molecule has 1 aromatic rings. The average Bonchev–Trinajstić information content (AvgIpc) is 2.74. The Kier molecular flexibility index (Phi) is 5.22. The third-order valence-electron chi connectivity index (χ3n) is 2.88. The van der Waals surface area contributed by atoms with Crippen LogP contribution in [0.15, 0.2) is 18.3 Å². The number of amides is 1. The summed E-state index contributed by atoms with van der Waals surface area (Å²) in [7, 11) is 0. The van der Waals surface area contributed by atoms with E-state index in [4.69, 9.17) is 5.73 Å². The van der Waals surface area contributed by atoms with Gasteiger partial charge in [0.2, 0.25) is 0 Å². The number of aromatic nitrogens is 1. The van der Waals surface area contributed by atoms with E-state index in [1.165, 1.54) is 0 Å². The van der Waals surface area contributed by atoms with Crippen LogP contribution in [0.2, 0.25) is 0 Å². The lowest BCUT2D eigenvalue weighted by atomic mass is 10.1. The summed E-state index contributed by atoms with van der Waals surface area (Å²) in [6.45, 7) is 7.59. The maximum Gasteiger partial charge on any atom is 0.267 e. The number of nitrogens with two attached hydrogens (primary N) is 1. The molecular weight excluding hydrogens is 214 g/mol. The zero-order valence-electron chi connectivity index (χ0n) is 10.9. The van der Waals surface area contributed by atoms with Crippen LogP contribution in [-0.4, -0.2) is 23.1 Å². The number of rotatable bonds is 6. The lowest BCUT2D eigenvalue weighted by Gasteiger charge is -2.16. The van der Waals surface area contributed by atoms with Gasteiger partial charge in [-0.05, 0) is 24.5 Å². The van der Waals surface area contributed by atoms with Crippen LogP contribution in [0.4, 0.5) is 0 Å². The fourth-order valence-electron chi connectivity index (χ4n) is 1.59. The summed E-state index contributed by atoms with van der Waals surface area (Å²) < 4.78 is 1.97. The third-order valence-corrected chi connectivity index (χ3v) is 2.88. The Morgan fingerprint density at radius 2 is 2.24 bits per heavy atom. The van der Waals surface area contributed by atoms with Gasteiger partial charge in [0.25, 0.3) is 5.91 Å². The molecule has 0 aliphatic rings. The predicted molar refractivity (Wildman–Crippen MR) is 69.9 cm³/mol. The minimum absolute atomic E-state index is 0.00790. The van der Waals surface area contributed by atoms with Gasteiger partial charge in [-0.25, -0.2) is 0 Å². The molecule has 0 fully saturated rings. The van der Waals surface area contributed by atoms with Crippen molar-refractivity contribution in [2.75, 3.05) is 6.54 Å². The summed E-state index contributed by atoms with van der Waals surface area (Å²) in [6, 6.07) is 3.74. The third kappa shape index (κ3) is 3.89. The normalized spacial score (nSPS) is 12.8. The van der Waals surface area contributed by atoms with Crippen molar-refractivity contribution in [3.05, 3.63) is 24.0 Å². The molecule has 0 bridgehead atoms. The van der Waals surface area contributed by atoms with Gasteiger partial charge in [0.05, 0.1) is 0 Å². The molecule has 0 saturated carbocycles. The Bertz CT molecular complexity index is 357. The average molecular weight is 237 g/mol. The zero-order valence-corrected chi connectivity index (χ0v) is 10.9. The van der Waals surface area contributed by atoms with Crippen molar-refractivity contribution in [2.45, 2.75) is 39.8 Å². The second kappa shape index (κ2) is 6.45. The topological polar surface area (TPSA) is 60.0 Å². The summed E-state index contributed by atoms with van der Waals surface area (Å²) in [5.41, 5.74) is 6.60. The molecule has 1 atom stereocenters. The monoisotopic (exact) mass is 237 g/mol. The molecule has 1 unspecified atom stereocenters. The molecule has 96 valence electrons. The summed E-state index contributed by atoms with van der Waals surface area (Å²) in [5.74, 6) is 0.331. The van der Waals surface area contributed by atoms with Crippen LogP contribution in [0.1, 0.15) is 37.7 Å². The minimum Gasteiger partial charge on any atom is -0.349 e. The van der Waals surface area contributed by atoms with Gasteiger partial charge in [0.1, 0.15) is 5.69 Å². The second-order valence-corrected chi connectivity index (χ2v) is 4.70. The number of carbonyl (C=O) groups excluding carboxylic acids is 1. The molecule has 4 nitrogen and oxygen atoms in total. The van der Waals surface area contributed by atoms with Gasteiger partial charge in [0, 0.05) is 25.3 Å². The van der Waals surface area contributed by atoms with E-state index in [9.17, 15) is 4.79 Å². The quantitative estimate of drug-likeness (QED) is 0.789. The maximum absolute atomic E-state index is 11.9. The number of nitrogens with zero attached hydrogens (tertiary/aromatic N) is 1. The van der Waals surface area contributed by atoms with E-state index in [1.807, 2.05) is 22.9 Å². The smallest absolute Gasteiger partial charge is 0.267 e. The molecule has 4 heteroatoms. The lowest BCUT2D eigenvalue weighted by molar-refractivity contribution is 0.0940. The fraction of sp³-hybridized carbons (Fsp3) is 0.615. The number of hydrogen-bond acceptors (Lipinski definition) is 2. The molecule has 1 aromatic heterocycles. The molecular formula is C13H23N3O. The van der Waals surface area contributed by atoms with Crippen LogP contribution in [-0.2, 0) is 6.54 Å². The highest BCUT2D eigenvalue weighted by Gasteiger charge is 2.13. The van der Waals surface area contributed by atoms with Crippen molar-refractivity contribution in [1.29, 1.82) is 0 Å². The van der Waals surface area contributed by atoms with Crippen molar-refractivity contribution in [2.24, 2.45) is 11.7 Å². The summed E-state index contributed by atoms with van der Waals surface area (Å²) in [5, 5.41) is 2.88. The van der Waals surface area contributed by atoms with E-state index >= 15 is 0 Å². The number of aryl methyl sites for hydroxylation is 1. The van der Waals surface area contributed by atoms with E-state index in [1.54, 1.807) is 0 Å². The fourth-order valence-corrected chi connectivity index (χ4v) is 1.59. The van der Waals surface area contributed by atoms with E-state index in [-0.39, 0.29) is 11.9 Å². The summed E-state index contributed by atoms with van der Waals surface area (Å²) >= 11 is 0. The molecule has 3 N–H and O–H groups in total. The van der Waals surface area contributed by atoms with Crippen molar-refractivity contribution in [1.82, 2.24) is 9.88 Å². The predicted octanol–water partition coefficient (Wildman–Crippen LogP) is 1.61. The molecule has 0 aromatic carbocycles. The molecule has 0 radical (unpaired) electrons. The Morgan fingerprint density at radius 1 is 1.53 bits per heavy atom. The maximum atomic E-state index is 11.9. The molecule has 17 heavy (non-hydrogen) atoms. The van der Waals surface area contributed by atoms with Crippen molar-refractivity contribution in [3.8, 4) is 0 Å². The molecule has 1 rings (SSSR count). The van der Waals surface area contributed by atoms with Crippen LogP contribution < -0.4 is 11.1 Å². The van der Waals surface area contributed by atoms with Crippen molar-refractivity contribution < 1.29 is 4.79 Å². The van der Waals surface area contributed by atoms with Gasteiger partial charge < -0.3 is 15.6 Å². The first-order valence-corrected chi connectivity index (χ1v) is 6.25. The summed E-state index contributed by atoms with van der Waals surface area (Å²) in [4.78, 5) is 11.9. The van der Waals surface area contributed by atoms with Crippen molar-refractivity contribution in [3.63, 3.8) is 0 Å².